The van der Waals surface area contributed by atoms with Gasteiger partial charge in [0.05, 0.1) is 0 Å². The molecule has 0 amide bonds. The van der Waals surface area contributed by atoms with Gasteiger partial charge in [0.25, 0.3) is 0 Å². The van der Waals surface area contributed by atoms with E-state index in [9.17, 15) is 15.0 Å². The topological polar surface area (TPSA) is 57.5 Å². The Morgan fingerprint density at radius 2 is 1.79 bits per heavy atom. The first-order valence-corrected chi connectivity index (χ1v) is 6.87. The third kappa shape index (κ3) is 1.60. The second kappa shape index (κ2) is 3.75. The molecule has 3 heteroatoms. The Morgan fingerprint density at radius 1 is 1.21 bits per heavy atom. The van der Waals surface area contributed by atoms with Gasteiger partial charge in [0, 0.05) is 23.8 Å². The van der Waals surface area contributed by atoms with Crippen LogP contribution < -0.4 is 0 Å². The molecular formula is C16H20O3. The molecule has 3 aliphatic rings. The number of rotatable bonds is 1. The Morgan fingerprint density at radius 3 is 2.26 bits per heavy atom. The van der Waals surface area contributed by atoms with Crippen LogP contribution in [0.5, 0.6) is 11.5 Å². The van der Waals surface area contributed by atoms with Crippen LogP contribution >= 0.6 is 0 Å². The zero-order chi connectivity index (χ0) is 13.9. The molecule has 19 heavy (non-hydrogen) atoms. The highest BCUT2D eigenvalue weighted by atomic mass is 16.3. The maximum atomic E-state index is 12.2. The minimum absolute atomic E-state index is 0.0102. The van der Waals surface area contributed by atoms with Crippen LogP contribution in [-0.2, 0) is 4.79 Å². The van der Waals surface area contributed by atoms with Gasteiger partial charge >= 0.3 is 0 Å². The quantitative estimate of drug-likeness (QED) is 0.815. The molecule has 1 aromatic carbocycles. The average molecular weight is 260 g/mol. The van der Waals surface area contributed by atoms with E-state index >= 15 is 0 Å². The van der Waals surface area contributed by atoms with Gasteiger partial charge in [-0.15, -0.1) is 0 Å². The number of carbonyl (C=O) groups excluding carboxylic acids is 1. The second-order valence-corrected chi connectivity index (χ2v) is 6.71. The fourth-order valence-electron chi connectivity index (χ4n) is 4.13. The van der Waals surface area contributed by atoms with Crippen LogP contribution in [0.15, 0.2) is 12.1 Å². The van der Waals surface area contributed by atoms with Gasteiger partial charge < -0.3 is 10.2 Å². The molecule has 3 saturated carbocycles. The molecule has 1 aromatic rings. The molecule has 0 aliphatic heterocycles. The van der Waals surface area contributed by atoms with Crippen molar-refractivity contribution in [1.82, 2.24) is 0 Å². The summed E-state index contributed by atoms with van der Waals surface area (Å²) in [5.41, 5.74) is 1.38. The summed E-state index contributed by atoms with van der Waals surface area (Å²) in [6.07, 6.45) is 1.34. The van der Waals surface area contributed by atoms with Crippen molar-refractivity contribution in [2.45, 2.75) is 39.5 Å². The summed E-state index contributed by atoms with van der Waals surface area (Å²) in [6.45, 7) is 6.08. The minimum Gasteiger partial charge on any atom is -0.508 e. The summed E-state index contributed by atoms with van der Waals surface area (Å²) < 4.78 is 0. The molecule has 0 radical (unpaired) electrons. The van der Waals surface area contributed by atoms with Crippen molar-refractivity contribution in [3.63, 3.8) is 0 Å². The Kier molecular flexibility index (Phi) is 2.47. The largest absolute Gasteiger partial charge is 0.508 e. The summed E-state index contributed by atoms with van der Waals surface area (Å²) in [6, 6.07) is 3.33. The van der Waals surface area contributed by atoms with Gasteiger partial charge in [-0.3, -0.25) is 4.79 Å². The maximum absolute atomic E-state index is 12.2. The monoisotopic (exact) mass is 260 g/mol. The molecule has 0 heterocycles. The zero-order valence-electron chi connectivity index (χ0n) is 11.6. The van der Waals surface area contributed by atoms with Crippen LogP contribution in [0.1, 0.15) is 43.7 Å². The van der Waals surface area contributed by atoms with Crippen molar-refractivity contribution in [2.75, 3.05) is 0 Å². The Hall–Kier alpha value is -1.51. The van der Waals surface area contributed by atoms with Gasteiger partial charge in [0.2, 0.25) is 0 Å². The van der Waals surface area contributed by atoms with E-state index in [1.54, 1.807) is 12.1 Å². The van der Waals surface area contributed by atoms with Crippen LogP contribution in [-0.4, -0.2) is 16.0 Å². The molecular weight excluding hydrogens is 240 g/mol. The van der Waals surface area contributed by atoms with Gasteiger partial charge in [0.1, 0.15) is 17.3 Å². The van der Waals surface area contributed by atoms with Crippen molar-refractivity contribution in [3.05, 3.63) is 23.3 Å². The predicted molar refractivity (Wildman–Crippen MR) is 72.3 cm³/mol. The van der Waals surface area contributed by atoms with Crippen molar-refractivity contribution >= 4 is 5.78 Å². The SMILES string of the molecule is Cc1cc(O)c([C@H]2CC(=O)[C@@H]3C[C@H]2C3(C)C)c(O)c1. The molecule has 0 unspecified atom stereocenters. The molecule has 0 spiro atoms. The van der Waals surface area contributed by atoms with Crippen LogP contribution in [0.4, 0.5) is 0 Å². The van der Waals surface area contributed by atoms with Crippen LogP contribution in [0.25, 0.3) is 0 Å². The van der Waals surface area contributed by atoms with Gasteiger partial charge in [-0.05, 0) is 42.4 Å². The molecule has 3 atom stereocenters. The first kappa shape index (κ1) is 12.5. The van der Waals surface area contributed by atoms with Crippen molar-refractivity contribution in [2.24, 2.45) is 17.3 Å². The number of phenols is 2. The summed E-state index contributed by atoms with van der Waals surface area (Å²) in [4.78, 5) is 12.2. The first-order chi connectivity index (χ1) is 8.82. The maximum Gasteiger partial charge on any atom is 0.137 e. The minimum atomic E-state index is -0.0481. The van der Waals surface area contributed by atoms with E-state index in [2.05, 4.69) is 13.8 Å². The van der Waals surface area contributed by atoms with Gasteiger partial charge in [-0.1, -0.05) is 13.8 Å². The van der Waals surface area contributed by atoms with E-state index in [-0.39, 0.29) is 34.5 Å². The highest BCUT2D eigenvalue weighted by Crippen LogP contribution is 2.64. The third-order valence-corrected chi connectivity index (χ3v) is 5.29. The Bertz CT molecular complexity index is 536. The summed E-state index contributed by atoms with van der Waals surface area (Å²) in [7, 11) is 0. The van der Waals surface area contributed by atoms with Crippen LogP contribution in [0.2, 0.25) is 0 Å². The van der Waals surface area contributed by atoms with Crippen molar-refractivity contribution in [3.8, 4) is 11.5 Å². The lowest BCUT2D eigenvalue weighted by atomic mass is 9.44. The van der Waals surface area contributed by atoms with Gasteiger partial charge in [0.15, 0.2) is 0 Å². The summed E-state index contributed by atoms with van der Waals surface area (Å²) in [5, 5.41) is 20.3. The third-order valence-electron chi connectivity index (χ3n) is 5.29. The fraction of sp³-hybridized carbons (Fsp3) is 0.562. The lowest BCUT2D eigenvalue weighted by Gasteiger charge is -2.59. The molecule has 0 saturated heterocycles. The second-order valence-electron chi connectivity index (χ2n) is 6.71. The molecule has 102 valence electrons. The smallest absolute Gasteiger partial charge is 0.137 e. The zero-order valence-corrected chi connectivity index (χ0v) is 11.6. The number of Topliss-reactive ketones (excluding diaryl/α,β-unsaturated/α-hetero) is 1. The number of hydrogen-bond donors (Lipinski definition) is 2. The van der Waals surface area contributed by atoms with Gasteiger partial charge in [-0.2, -0.15) is 0 Å². The number of fused-ring (bicyclic) bond motifs is 2. The van der Waals surface area contributed by atoms with E-state index in [4.69, 9.17) is 0 Å². The van der Waals surface area contributed by atoms with E-state index in [1.165, 1.54) is 0 Å². The normalized spacial score (nSPS) is 31.9. The standard InChI is InChI=1S/C16H20O3/c1-8-4-13(18)15(14(19)5-8)9-6-12(17)11-7-10(9)16(11,2)3/h4-5,9-11,18-19H,6-7H2,1-3H3/t9-,10+,11-/m0/s1. The highest BCUT2D eigenvalue weighted by molar-refractivity contribution is 5.86. The van der Waals surface area contributed by atoms with E-state index in [0.717, 1.165) is 12.0 Å². The number of ketones is 1. The van der Waals surface area contributed by atoms with Crippen molar-refractivity contribution < 1.29 is 15.0 Å². The summed E-state index contributed by atoms with van der Waals surface area (Å²) >= 11 is 0. The number of carbonyl (C=O) groups is 1. The number of aromatic hydroxyl groups is 2. The lowest BCUT2D eigenvalue weighted by Crippen LogP contribution is -2.56. The molecule has 2 bridgehead atoms. The fourth-order valence-corrected chi connectivity index (χ4v) is 4.13. The Labute approximate surface area is 113 Å². The van der Waals surface area contributed by atoms with E-state index in [1.807, 2.05) is 6.92 Å². The number of phenolic OH excluding ortho intramolecular Hbond substituents is 2. The molecule has 0 aromatic heterocycles. The Balaban J connectivity index is 2.06. The number of aryl methyl sites for hydroxylation is 1. The van der Waals surface area contributed by atoms with Crippen LogP contribution in [0.3, 0.4) is 0 Å². The summed E-state index contributed by atoms with van der Waals surface area (Å²) in [5.74, 6) is 1.01. The van der Waals surface area contributed by atoms with E-state index < -0.39 is 0 Å². The van der Waals surface area contributed by atoms with Crippen LogP contribution in [0, 0.1) is 24.2 Å². The number of benzene rings is 1. The average Bonchev–Trinajstić information content (AvgIpc) is 2.25. The molecule has 2 N–H and O–H groups in total. The molecule has 3 aliphatic carbocycles. The predicted octanol–water partition coefficient (Wildman–Crippen LogP) is 3.12. The van der Waals surface area contributed by atoms with Gasteiger partial charge in [-0.25, -0.2) is 0 Å². The molecule has 4 rings (SSSR count). The molecule has 3 fully saturated rings. The molecule has 3 nitrogen and oxygen atoms in total. The number of hydrogen-bond acceptors (Lipinski definition) is 3. The highest BCUT2D eigenvalue weighted by Gasteiger charge is 2.59. The van der Waals surface area contributed by atoms with E-state index in [0.29, 0.717) is 17.9 Å². The first-order valence-electron chi connectivity index (χ1n) is 6.87. The van der Waals surface area contributed by atoms with Crippen molar-refractivity contribution in [1.29, 1.82) is 0 Å². The lowest BCUT2D eigenvalue weighted by molar-refractivity contribution is -0.151.